The monoisotopic (exact) mass is 343 g/mol. The molecule has 0 bridgehead atoms. The number of carboxylic acids is 1. The molecule has 1 aromatic heterocycles. The van der Waals surface area contributed by atoms with Crippen molar-refractivity contribution in [3.8, 4) is 0 Å². The van der Waals surface area contributed by atoms with Crippen LogP contribution in [-0.2, 0) is 24.1 Å². The molecule has 1 aliphatic rings. The quantitative estimate of drug-likeness (QED) is 0.796. The molecule has 3 rings (SSSR count). The number of thiophene rings is 1. The summed E-state index contributed by atoms with van der Waals surface area (Å²) in [5, 5.41) is 12.9. The summed E-state index contributed by atoms with van der Waals surface area (Å²) in [6.45, 7) is 0. The van der Waals surface area contributed by atoms with Gasteiger partial charge in [0.05, 0.1) is 5.56 Å². The third kappa shape index (κ3) is 3.85. The number of fused-ring (bicyclic) bond motifs is 1. The Morgan fingerprint density at radius 1 is 1.08 bits per heavy atom. The normalized spacial score (nSPS) is 13.8. The molecule has 5 heteroatoms. The van der Waals surface area contributed by atoms with Gasteiger partial charge in [0.2, 0.25) is 5.91 Å². The smallest absolute Gasteiger partial charge is 0.339 e. The second-order valence-corrected chi connectivity index (χ2v) is 7.21. The van der Waals surface area contributed by atoms with Crippen molar-refractivity contribution in [2.24, 2.45) is 0 Å². The minimum absolute atomic E-state index is 0.127. The topological polar surface area (TPSA) is 66.4 Å². The van der Waals surface area contributed by atoms with Crippen LogP contribution in [0.25, 0.3) is 0 Å². The molecular formula is C19H21NO3S. The lowest BCUT2D eigenvalue weighted by Crippen LogP contribution is -2.14. The van der Waals surface area contributed by atoms with Crippen LogP contribution in [0.3, 0.4) is 0 Å². The highest BCUT2D eigenvalue weighted by atomic mass is 32.1. The summed E-state index contributed by atoms with van der Waals surface area (Å²) in [5.41, 5.74) is 2.35. The molecule has 24 heavy (non-hydrogen) atoms. The van der Waals surface area contributed by atoms with E-state index in [1.54, 1.807) is 0 Å². The zero-order valence-corrected chi connectivity index (χ0v) is 14.3. The molecule has 0 radical (unpaired) electrons. The van der Waals surface area contributed by atoms with Crippen molar-refractivity contribution in [1.82, 2.24) is 0 Å². The number of nitrogens with one attached hydrogen (secondary N) is 1. The van der Waals surface area contributed by atoms with Crippen molar-refractivity contribution in [3.05, 3.63) is 51.9 Å². The number of aryl methyl sites for hydroxylation is 2. The number of carbonyl (C=O) groups is 2. The van der Waals surface area contributed by atoms with Gasteiger partial charge in [-0.25, -0.2) is 4.79 Å². The molecule has 1 aromatic carbocycles. The molecule has 2 N–H and O–H groups in total. The molecule has 0 atom stereocenters. The van der Waals surface area contributed by atoms with Crippen LogP contribution >= 0.6 is 11.3 Å². The number of carboxylic acid groups (broad SMARTS) is 1. The van der Waals surface area contributed by atoms with Gasteiger partial charge >= 0.3 is 5.97 Å². The third-order valence-electron chi connectivity index (χ3n) is 4.37. The Balaban J connectivity index is 1.72. The molecule has 4 nitrogen and oxygen atoms in total. The van der Waals surface area contributed by atoms with E-state index in [9.17, 15) is 14.7 Å². The lowest BCUT2D eigenvalue weighted by atomic mass is 10.1. The minimum atomic E-state index is -0.937. The average molecular weight is 343 g/mol. The lowest BCUT2D eigenvalue weighted by Gasteiger charge is -2.06. The lowest BCUT2D eigenvalue weighted by molar-refractivity contribution is -0.116. The third-order valence-corrected chi connectivity index (χ3v) is 5.58. The predicted octanol–water partition coefficient (Wildman–Crippen LogP) is 4.29. The SMILES string of the molecule is O=C(CCc1ccccc1)Nc1sc2c(c1C(=O)O)CCCCC2. The van der Waals surface area contributed by atoms with Crippen molar-refractivity contribution < 1.29 is 14.7 Å². The van der Waals surface area contributed by atoms with Crippen molar-refractivity contribution in [1.29, 1.82) is 0 Å². The molecule has 0 fully saturated rings. The van der Waals surface area contributed by atoms with Gasteiger partial charge in [-0.2, -0.15) is 0 Å². The van der Waals surface area contributed by atoms with Gasteiger partial charge < -0.3 is 10.4 Å². The van der Waals surface area contributed by atoms with Crippen LogP contribution in [0.2, 0.25) is 0 Å². The summed E-state index contributed by atoms with van der Waals surface area (Å²) in [5.74, 6) is -1.06. The van der Waals surface area contributed by atoms with E-state index in [0.717, 1.165) is 48.1 Å². The number of carbonyl (C=O) groups excluding carboxylic acids is 1. The van der Waals surface area contributed by atoms with Gasteiger partial charge in [-0.3, -0.25) is 4.79 Å². The van der Waals surface area contributed by atoms with Crippen LogP contribution in [0, 0.1) is 0 Å². The summed E-state index contributed by atoms with van der Waals surface area (Å²) in [7, 11) is 0. The predicted molar refractivity (Wildman–Crippen MR) is 95.9 cm³/mol. The number of rotatable bonds is 5. The summed E-state index contributed by atoms with van der Waals surface area (Å²) in [6.07, 6.45) is 5.97. The first kappa shape index (κ1) is 16.7. The molecule has 1 heterocycles. The van der Waals surface area contributed by atoms with Gasteiger partial charge in [-0.1, -0.05) is 36.8 Å². The van der Waals surface area contributed by atoms with Gasteiger partial charge in [0.1, 0.15) is 5.00 Å². The van der Waals surface area contributed by atoms with Gasteiger partial charge in [-0.15, -0.1) is 11.3 Å². The molecule has 0 spiro atoms. The fourth-order valence-corrected chi connectivity index (χ4v) is 4.45. The maximum atomic E-state index is 12.2. The second kappa shape index (κ2) is 7.62. The minimum Gasteiger partial charge on any atom is -0.478 e. The number of benzene rings is 1. The van der Waals surface area contributed by atoms with Crippen molar-refractivity contribution in [3.63, 3.8) is 0 Å². The van der Waals surface area contributed by atoms with E-state index in [0.29, 0.717) is 23.4 Å². The average Bonchev–Trinajstić information content (AvgIpc) is 2.75. The fraction of sp³-hybridized carbons (Fsp3) is 0.368. The first-order valence-electron chi connectivity index (χ1n) is 8.37. The Morgan fingerprint density at radius 3 is 2.58 bits per heavy atom. The van der Waals surface area contributed by atoms with Crippen molar-refractivity contribution in [2.45, 2.75) is 44.9 Å². The van der Waals surface area contributed by atoms with Crippen LogP contribution < -0.4 is 5.32 Å². The number of anilines is 1. The molecule has 1 amide bonds. The largest absolute Gasteiger partial charge is 0.478 e. The Labute approximate surface area is 145 Å². The van der Waals surface area contributed by atoms with Crippen LogP contribution in [0.5, 0.6) is 0 Å². The molecule has 1 aliphatic carbocycles. The fourth-order valence-electron chi connectivity index (χ4n) is 3.15. The Morgan fingerprint density at radius 2 is 1.83 bits per heavy atom. The maximum Gasteiger partial charge on any atom is 0.339 e. The van der Waals surface area contributed by atoms with E-state index < -0.39 is 5.97 Å². The summed E-state index contributed by atoms with van der Waals surface area (Å²) in [4.78, 5) is 25.1. The zero-order valence-electron chi connectivity index (χ0n) is 13.5. The molecule has 0 unspecified atom stereocenters. The number of hydrogen-bond acceptors (Lipinski definition) is 3. The highest BCUT2D eigenvalue weighted by molar-refractivity contribution is 7.17. The van der Waals surface area contributed by atoms with E-state index >= 15 is 0 Å². The molecule has 0 aliphatic heterocycles. The molecule has 2 aromatic rings. The molecule has 0 saturated carbocycles. The second-order valence-electron chi connectivity index (χ2n) is 6.11. The van der Waals surface area contributed by atoms with Crippen LogP contribution in [0.4, 0.5) is 5.00 Å². The maximum absolute atomic E-state index is 12.2. The first-order chi connectivity index (χ1) is 11.6. The molecular weight excluding hydrogens is 322 g/mol. The Bertz CT molecular complexity index is 737. The zero-order chi connectivity index (χ0) is 16.9. The van der Waals surface area contributed by atoms with Crippen molar-refractivity contribution >= 4 is 28.2 Å². The Hall–Kier alpha value is -2.14. The summed E-state index contributed by atoms with van der Waals surface area (Å²) < 4.78 is 0. The van der Waals surface area contributed by atoms with Gasteiger partial charge in [0, 0.05) is 11.3 Å². The van der Waals surface area contributed by atoms with Crippen molar-refractivity contribution in [2.75, 3.05) is 5.32 Å². The van der Waals surface area contributed by atoms with E-state index in [-0.39, 0.29) is 5.91 Å². The number of aromatic carboxylic acids is 1. The Kier molecular flexibility index (Phi) is 5.30. The highest BCUT2D eigenvalue weighted by Crippen LogP contribution is 2.37. The first-order valence-corrected chi connectivity index (χ1v) is 9.18. The summed E-state index contributed by atoms with van der Waals surface area (Å²) >= 11 is 1.44. The van der Waals surface area contributed by atoms with E-state index in [1.165, 1.54) is 11.3 Å². The van der Waals surface area contributed by atoms with Gasteiger partial charge in [-0.05, 0) is 43.2 Å². The molecule has 126 valence electrons. The van der Waals surface area contributed by atoms with E-state index in [4.69, 9.17) is 0 Å². The van der Waals surface area contributed by atoms with Crippen LogP contribution in [-0.4, -0.2) is 17.0 Å². The van der Waals surface area contributed by atoms with Crippen LogP contribution in [0.15, 0.2) is 30.3 Å². The summed E-state index contributed by atoms with van der Waals surface area (Å²) in [6, 6.07) is 9.83. The van der Waals surface area contributed by atoms with E-state index in [1.807, 2.05) is 30.3 Å². The van der Waals surface area contributed by atoms with Gasteiger partial charge in [0.15, 0.2) is 0 Å². The van der Waals surface area contributed by atoms with Gasteiger partial charge in [0.25, 0.3) is 0 Å². The molecule has 0 saturated heterocycles. The standard InChI is InChI=1S/C19H21NO3S/c21-16(12-11-13-7-3-1-4-8-13)20-18-17(19(22)23)14-9-5-2-6-10-15(14)24-18/h1,3-4,7-8H,2,5-6,9-12H2,(H,20,21)(H,22,23). The highest BCUT2D eigenvalue weighted by Gasteiger charge is 2.25. The van der Waals surface area contributed by atoms with E-state index in [2.05, 4.69) is 5.32 Å². The van der Waals surface area contributed by atoms with Crippen LogP contribution in [0.1, 0.15) is 52.0 Å². The number of hydrogen-bond donors (Lipinski definition) is 2. The number of amides is 1.